The Hall–Kier alpha value is -2.86. The first-order chi connectivity index (χ1) is 11.7. The van der Waals surface area contributed by atoms with E-state index in [0.29, 0.717) is 0 Å². The van der Waals surface area contributed by atoms with Crippen LogP contribution in [0.4, 0.5) is 0 Å². The van der Waals surface area contributed by atoms with Crippen LogP contribution in [0, 0.1) is 13.8 Å². The lowest BCUT2D eigenvalue weighted by Gasteiger charge is -1.97. The van der Waals surface area contributed by atoms with Crippen molar-refractivity contribution in [2.45, 2.75) is 13.8 Å². The molecule has 0 radical (unpaired) electrons. The highest BCUT2D eigenvalue weighted by Gasteiger charge is 2.16. The van der Waals surface area contributed by atoms with Crippen LogP contribution in [0.2, 0.25) is 0 Å². The predicted molar refractivity (Wildman–Crippen MR) is 93.9 cm³/mol. The number of aromatic amines is 1. The normalized spacial score (nSPS) is 10.9. The average molecular weight is 334 g/mol. The van der Waals surface area contributed by atoms with Crippen molar-refractivity contribution in [3.63, 3.8) is 0 Å². The maximum atomic E-state index is 4.64. The Bertz CT molecular complexity index is 968. The van der Waals surface area contributed by atoms with Gasteiger partial charge in [0.2, 0.25) is 0 Å². The molecule has 2 aromatic heterocycles. The Labute approximate surface area is 143 Å². The van der Waals surface area contributed by atoms with E-state index >= 15 is 0 Å². The number of tetrazole rings is 1. The molecule has 2 heterocycles. The van der Waals surface area contributed by atoms with Gasteiger partial charge in [0, 0.05) is 10.4 Å². The van der Waals surface area contributed by atoms with Crippen molar-refractivity contribution >= 4 is 11.3 Å². The van der Waals surface area contributed by atoms with Crippen LogP contribution in [0.15, 0.2) is 54.6 Å². The van der Waals surface area contributed by atoms with Crippen LogP contribution in [0.5, 0.6) is 0 Å². The van der Waals surface area contributed by atoms with Gasteiger partial charge in [0.15, 0.2) is 10.9 Å². The van der Waals surface area contributed by atoms with E-state index in [9.17, 15) is 0 Å². The predicted octanol–water partition coefficient (Wildman–Crippen LogP) is 3.49. The summed E-state index contributed by atoms with van der Waals surface area (Å²) in [5.41, 5.74) is 4.11. The van der Waals surface area contributed by atoms with Crippen LogP contribution in [0.1, 0.15) is 10.6 Å². The monoisotopic (exact) mass is 334 g/mol. The van der Waals surface area contributed by atoms with Crippen molar-refractivity contribution in [1.82, 2.24) is 20.4 Å². The molecule has 2 aromatic carbocycles. The first-order valence-electron chi connectivity index (χ1n) is 7.66. The van der Waals surface area contributed by atoms with Gasteiger partial charge in [-0.15, -0.1) is 11.3 Å². The first kappa shape index (κ1) is 14.7. The smallest absolute Gasteiger partial charge is 0.241 e. The van der Waals surface area contributed by atoms with Gasteiger partial charge in [-0.05, 0) is 42.9 Å². The highest BCUT2D eigenvalue weighted by Crippen LogP contribution is 2.29. The zero-order valence-electron chi connectivity index (χ0n) is 13.4. The number of H-pyrrole nitrogens is 1. The van der Waals surface area contributed by atoms with Crippen LogP contribution in [-0.4, -0.2) is 20.4 Å². The largest absolute Gasteiger partial charge is 0.313 e. The minimum absolute atomic E-state index is 0.728. The van der Waals surface area contributed by atoms with E-state index in [2.05, 4.69) is 39.5 Å². The Balaban J connectivity index is 1.70. The van der Waals surface area contributed by atoms with Crippen LogP contribution in [0.25, 0.3) is 27.6 Å². The number of rotatable bonds is 3. The Morgan fingerprint density at radius 2 is 1.75 bits per heavy atom. The third kappa shape index (κ3) is 2.72. The molecule has 0 aliphatic carbocycles. The molecule has 0 spiro atoms. The summed E-state index contributed by atoms with van der Waals surface area (Å²) in [6.45, 7) is 4.14. The molecule has 0 saturated carbocycles. The van der Waals surface area contributed by atoms with Gasteiger partial charge in [0.25, 0.3) is 0 Å². The summed E-state index contributed by atoms with van der Waals surface area (Å²) in [7, 11) is 0. The van der Waals surface area contributed by atoms with Crippen molar-refractivity contribution in [2.75, 3.05) is 0 Å². The van der Waals surface area contributed by atoms with Gasteiger partial charge in [-0.1, -0.05) is 30.3 Å². The number of hydrogen-bond donors (Lipinski definition) is 1. The number of aryl methyl sites for hydroxylation is 2. The minimum atomic E-state index is 0.728. The lowest BCUT2D eigenvalue weighted by Crippen LogP contribution is -2.35. The molecule has 0 saturated heterocycles. The molecule has 118 valence electrons. The molecule has 0 aliphatic heterocycles. The summed E-state index contributed by atoms with van der Waals surface area (Å²) in [6.07, 6.45) is 0. The second-order valence-corrected chi connectivity index (χ2v) is 6.74. The average Bonchev–Trinajstić information content (AvgIpc) is 3.24. The molecule has 5 nitrogen and oxygen atoms in total. The van der Waals surface area contributed by atoms with Crippen molar-refractivity contribution < 1.29 is 4.80 Å². The van der Waals surface area contributed by atoms with E-state index in [0.717, 1.165) is 33.3 Å². The number of benzene rings is 2. The van der Waals surface area contributed by atoms with E-state index < -0.39 is 0 Å². The van der Waals surface area contributed by atoms with E-state index in [4.69, 9.17) is 0 Å². The fraction of sp³-hybridized carbons (Fsp3) is 0.111. The lowest BCUT2D eigenvalue weighted by atomic mass is 10.1. The van der Waals surface area contributed by atoms with Gasteiger partial charge in [-0.25, -0.2) is 4.98 Å². The SMILES string of the molecule is Cc1nc(-c2cccc(-c3nn[n+](-c4ccccc4)[nH]3)c2)sc1C. The van der Waals surface area contributed by atoms with Gasteiger partial charge in [0.1, 0.15) is 5.01 Å². The van der Waals surface area contributed by atoms with Gasteiger partial charge in [0.05, 0.1) is 16.4 Å². The third-order valence-corrected chi connectivity index (χ3v) is 4.98. The highest BCUT2D eigenvalue weighted by atomic mass is 32.1. The molecule has 0 aliphatic rings. The summed E-state index contributed by atoms with van der Waals surface area (Å²) in [5, 5.41) is 12.7. The maximum absolute atomic E-state index is 4.64. The van der Waals surface area contributed by atoms with Gasteiger partial charge < -0.3 is 0 Å². The molecular formula is C18H16N5S+. The number of aromatic nitrogens is 5. The van der Waals surface area contributed by atoms with Crippen LogP contribution >= 0.6 is 11.3 Å². The summed E-state index contributed by atoms with van der Waals surface area (Å²) in [4.78, 5) is 7.55. The van der Waals surface area contributed by atoms with Gasteiger partial charge >= 0.3 is 5.82 Å². The summed E-state index contributed by atoms with van der Waals surface area (Å²) in [5.74, 6) is 0.728. The van der Waals surface area contributed by atoms with Crippen LogP contribution in [0.3, 0.4) is 0 Å². The Kier molecular flexibility index (Phi) is 3.66. The number of nitrogens with one attached hydrogen (secondary N) is 1. The Morgan fingerprint density at radius 3 is 2.50 bits per heavy atom. The second kappa shape index (κ2) is 5.98. The van der Waals surface area contributed by atoms with E-state index in [-0.39, 0.29) is 0 Å². The molecular weight excluding hydrogens is 318 g/mol. The van der Waals surface area contributed by atoms with Crippen LogP contribution in [-0.2, 0) is 0 Å². The quantitative estimate of drug-likeness (QED) is 0.584. The number of hydrogen-bond acceptors (Lipinski definition) is 4. The van der Waals surface area contributed by atoms with Gasteiger partial charge in [-0.2, -0.15) is 5.10 Å². The fourth-order valence-corrected chi connectivity index (χ4v) is 3.35. The zero-order valence-corrected chi connectivity index (χ0v) is 14.2. The zero-order chi connectivity index (χ0) is 16.5. The van der Waals surface area contributed by atoms with E-state index in [1.54, 1.807) is 16.1 Å². The molecule has 0 atom stereocenters. The van der Waals surface area contributed by atoms with Crippen molar-refractivity contribution in [1.29, 1.82) is 0 Å². The molecule has 24 heavy (non-hydrogen) atoms. The van der Waals surface area contributed by atoms with Crippen LogP contribution < -0.4 is 4.80 Å². The molecule has 0 amide bonds. The standard InChI is InChI=1S/C18H15N5S/c1-12-13(2)24-18(19-12)15-8-6-7-14(11-15)17-20-22-23(21-17)16-9-4-3-5-10-16/h3-11H,1-2H3/p+1. The summed E-state index contributed by atoms with van der Waals surface area (Å²) in [6, 6.07) is 18.1. The maximum Gasteiger partial charge on any atom is 0.313 e. The molecule has 4 rings (SSSR count). The molecule has 6 heteroatoms. The minimum Gasteiger partial charge on any atom is -0.241 e. The molecule has 0 unspecified atom stereocenters. The molecule has 1 N–H and O–H groups in total. The molecule has 0 bridgehead atoms. The van der Waals surface area contributed by atoms with Crippen molar-refractivity contribution in [3.8, 4) is 27.6 Å². The fourth-order valence-electron chi connectivity index (χ4n) is 2.44. The first-order valence-corrected chi connectivity index (χ1v) is 8.47. The number of nitrogens with zero attached hydrogens (tertiary/aromatic N) is 4. The summed E-state index contributed by atoms with van der Waals surface area (Å²) >= 11 is 1.71. The Morgan fingerprint density at radius 1 is 0.958 bits per heavy atom. The number of para-hydroxylation sites is 1. The third-order valence-electron chi connectivity index (χ3n) is 3.86. The second-order valence-electron chi connectivity index (χ2n) is 5.54. The van der Waals surface area contributed by atoms with Crippen molar-refractivity contribution in [2.24, 2.45) is 0 Å². The lowest BCUT2D eigenvalue weighted by molar-refractivity contribution is -0.716. The highest BCUT2D eigenvalue weighted by molar-refractivity contribution is 7.15. The molecule has 0 fully saturated rings. The van der Waals surface area contributed by atoms with E-state index in [1.807, 2.05) is 49.4 Å². The number of thiazole rings is 1. The summed E-state index contributed by atoms with van der Waals surface area (Å²) < 4.78 is 0. The van der Waals surface area contributed by atoms with E-state index in [1.165, 1.54) is 4.88 Å². The topological polar surface area (TPSA) is 58.3 Å². The van der Waals surface area contributed by atoms with Gasteiger partial charge in [-0.3, -0.25) is 0 Å². The molecule has 4 aromatic rings. The van der Waals surface area contributed by atoms with Crippen molar-refractivity contribution in [3.05, 3.63) is 65.2 Å².